The van der Waals surface area contributed by atoms with Crippen molar-refractivity contribution in [2.75, 3.05) is 38.1 Å². The fourth-order valence-corrected chi connectivity index (χ4v) is 3.49. The average molecular weight is 326 g/mol. The molecule has 1 fully saturated rings. The predicted octanol–water partition coefficient (Wildman–Crippen LogP) is 3.72. The second kappa shape index (κ2) is 7.29. The Morgan fingerprint density at radius 2 is 2.23 bits per heavy atom. The molecular weight excluding hydrogens is 302 g/mol. The van der Waals surface area contributed by atoms with Gasteiger partial charge in [-0.2, -0.15) is 0 Å². The number of nitro benzene ring substituents is 1. The van der Waals surface area contributed by atoms with Crippen LogP contribution in [0.15, 0.2) is 12.1 Å². The van der Waals surface area contributed by atoms with Crippen molar-refractivity contribution in [3.05, 3.63) is 32.8 Å². The first kappa shape index (κ1) is 17.0. The number of halogens is 1. The van der Waals surface area contributed by atoms with Crippen LogP contribution in [0.5, 0.6) is 0 Å². The summed E-state index contributed by atoms with van der Waals surface area (Å²) in [5, 5.41) is 11.4. The Balaban J connectivity index is 2.07. The molecule has 2 rings (SSSR count). The van der Waals surface area contributed by atoms with Crippen LogP contribution in [-0.2, 0) is 0 Å². The van der Waals surface area contributed by atoms with Gasteiger partial charge < -0.3 is 9.80 Å². The van der Waals surface area contributed by atoms with Crippen LogP contribution in [0.2, 0.25) is 5.02 Å². The number of benzene rings is 1. The smallest absolute Gasteiger partial charge is 0.273 e. The lowest BCUT2D eigenvalue weighted by atomic mass is 10.1. The monoisotopic (exact) mass is 325 g/mol. The van der Waals surface area contributed by atoms with Gasteiger partial charge in [0.2, 0.25) is 0 Å². The fraction of sp³-hybridized carbons (Fsp3) is 0.625. The predicted molar refractivity (Wildman–Crippen MR) is 91.0 cm³/mol. The molecule has 0 N–H and O–H groups in total. The molecule has 6 heteroatoms. The van der Waals surface area contributed by atoms with Crippen molar-refractivity contribution in [3.63, 3.8) is 0 Å². The molecule has 1 atom stereocenters. The Morgan fingerprint density at radius 3 is 2.86 bits per heavy atom. The van der Waals surface area contributed by atoms with Crippen LogP contribution >= 0.6 is 11.6 Å². The van der Waals surface area contributed by atoms with E-state index in [4.69, 9.17) is 11.6 Å². The molecule has 0 amide bonds. The van der Waals surface area contributed by atoms with Crippen molar-refractivity contribution in [2.45, 2.75) is 26.7 Å². The molecule has 0 saturated carbocycles. The lowest BCUT2D eigenvalue weighted by Crippen LogP contribution is -2.28. The second-order valence-corrected chi connectivity index (χ2v) is 6.62. The summed E-state index contributed by atoms with van der Waals surface area (Å²) in [6, 6.07) is 3.32. The SMILES string of the molecule is CCCN(C)CC1CCN(c2cc(C)c([N+](=O)[O-])cc2Cl)C1. The highest BCUT2D eigenvalue weighted by molar-refractivity contribution is 6.33. The van der Waals surface area contributed by atoms with Gasteiger partial charge in [-0.25, -0.2) is 0 Å². The van der Waals surface area contributed by atoms with E-state index in [0.29, 0.717) is 16.5 Å². The van der Waals surface area contributed by atoms with Crippen LogP contribution in [0.25, 0.3) is 0 Å². The van der Waals surface area contributed by atoms with Crippen molar-refractivity contribution in [3.8, 4) is 0 Å². The zero-order valence-corrected chi connectivity index (χ0v) is 14.3. The molecule has 5 nitrogen and oxygen atoms in total. The van der Waals surface area contributed by atoms with Crippen LogP contribution in [-0.4, -0.2) is 43.0 Å². The maximum atomic E-state index is 11.0. The molecule has 0 aliphatic carbocycles. The first-order valence-electron chi connectivity index (χ1n) is 7.80. The number of nitro groups is 1. The maximum Gasteiger partial charge on any atom is 0.273 e. The van der Waals surface area contributed by atoms with E-state index in [9.17, 15) is 10.1 Å². The number of rotatable bonds is 6. The van der Waals surface area contributed by atoms with Gasteiger partial charge >= 0.3 is 0 Å². The summed E-state index contributed by atoms with van der Waals surface area (Å²) in [5.74, 6) is 0.628. The Kier molecular flexibility index (Phi) is 5.64. The van der Waals surface area contributed by atoms with Crippen molar-refractivity contribution < 1.29 is 4.92 Å². The van der Waals surface area contributed by atoms with Gasteiger partial charge in [-0.15, -0.1) is 0 Å². The molecule has 122 valence electrons. The molecule has 1 aromatic rings. The second-order valence-electron chi connectivity index (χ2n) is 6.21. The number of nitrogens with zero attached hydrogens (tertiary/aromatic N) is 3. The highest BCUT2D eigenvalue weighted by Crippen LogP contribution is 2.35. The van der Waals surface area contributed by atoms with E-state index < -0.39 is 0 Å². The molecule has 0 aromatic heterocycles. The van der Waals surface area contributed by atoms with E-state index in [1.165, 1.54) is 12.5 Å². The number of hydrogen-bond acceptors (Lipinski definition) is 4. The average Bonchev–Trinajstić information content (AvgIpc) is 2.89. The maximum absolute atomic E-state index is 11.0. The Bertz CT molecular complexity index is 550. The van der Waals surface area contributed by atoms with Crippen molar-refractivity contribution >= 4 is 23.0 Å². The van der Waals surface area contributed by atoms with Gasteiger partial charge in [-0.3, -0.25) is 10.1 Å². The summed E-state index contributed by atoms with van der Waals surface area (Å²) in [7, 11) is 2.16. The van der Waals surface area contributed by atoms with Crippen molar-refractivity contribution in [1.82, 2.24) is 4.90 Å². The molecule has 1 aliphatic heterocycles. The van der Waals surface area contributed by atoms with Crippen molar-refractivity contribution in [2.24, 2.45) is 5.92 Å². The summed E-state index contributed by atoms with van der Waals surface area (Å²) >= 11 is 6.27. The summed E-state index contributed by atoms with van der Waals surface area (Å²) < 4.78 is 0. The van der Waals surface area contributed by atoms with E-state index >= 15 is 0 Å². The molecule has 22 heavy (non-hydrogen) atoms. The zero-order chi connectivity index (χ0) is 16.3. The topological polar surface area (TPSA) is 49.6 Å². The number of hydrogen-bond donors (Lipinski definition) is 0. The molecule has 0 radical (unpaired) electrons. The minimum absolute atomic E-state index is 0.0900. The van der Waals surface area contributed by atoms with E-state index in [0.717, 1.165) is 38.3 Å². The molecule has 1 saturated heterocycles. The minimum atomic E-state index is -0.377. The van der Waals surface area contributed by atoms with Crippen LogP contribution in [0.1, 0.15) is 25.3 Å². The van der Waals surface area contributed by atoms with E-state index in [2.05, 4.69) is 23.8 Å². The van der Waals surface area contributed by atoms with E-state index in [1.807, 2.05) is 6.07 Å². The van der Waals surface area contributed by atoms with Gasteiger partial charge in [0.15, 0.2) is 0 Å². The molecule has 1 heterocycles. The first-order valence-corrected chi connectivity index (χ1v) is 8.18. The number of aryl methyl sites for hydroxylation is 1. The van der Waals surface area contributed by atoms with Gasteiger partial charge in [0.25, 0.3) is 5.69 Å². The largest absolute Gasteiger partial charge is 0.370 e. The molecular formula is C16H24ClN3O2. The van der Waals surface area contributed by atoms with Gasteiger partial charge in [-0.1, -0.05) is 18.5 Å². The third-order valence-electron chi connectivity index (χ3n) is 4.26. The standard InChI is InChI=1S/C16H24ClN3O2/c1-4-6-18(3)10-13-5-7-19(11-13)16-8-12(2)15(20(21)22)9-14(16)17/h8-9,13H,4-7,10-11H2,1-3H3. The summed E-state index contributed by atoms with van der Waals surface area (Å²) in [6.07, 6.45) is 2.31. The summed E-state index contributed by atoms with van der Waals surface area (Å²) in [6.45, 7) is 8.09. The van der Waals surface area contributed by atoms with Crippen LogP contribution in [0.4, 0.5) is 11.4 Å². The minimum Gasteiger partial charge on any atom is -0.370 e. The lowest BCUT2D eigenvalue weighted by molar-refractivity contribution is -0.385. The lowest BCUT2D eigenvalue weighted by Gasteiger charge is -2.23. The third kappa shape index (κ3) is 3.90. The molecule has 1 aromatic carbocycles. The van der Waals surface area contributed by atoms with Gasteiger partial charge in [0, 0.05) is 31.3 Å². The van der Waals surface area contributed by atoms with E-state index in [-0.39, 0.29) is 10.6 Å². The Morgan fingerprint density at radius 1 is 1.50 bits per heavy atom. The molecule has 0 spiro atoms. The third-order valence-corrected chi connectivity index (χ3v) is 4.57. The van der Waals surface area contributed by atoms with E-state index in [1.54, 1.807) is 6.92 Å². The highest BCUT2D eigenvalue weighted by atomic mass is 35.5. The summed E-state index contributed by atoms with van der Waals surface area (Å²) in [5.41, 5.74) is 1.67. The quantitative estimate of drug-likeness (QED) is 0.590. The molecule has 1 aliphatic rings. The number of anilines is 1. The van der Waals surface area contributed by atoms with Crippen LogP contribution in [0.3, 0.4) is 0 Å². The van der Waals surface area contributed by atoms with Crippen LogP contribution in [0, 0.1) is 23.0 Å². The van der Waals surface area contributed by atoms with Crippen LogP contribution < -0.4 is 4.90 Å². The van der Waals surface area contributed by atoms with Gasteiger partial charge in [-0.05, 0) is 45.3 Å². The van der Waals surface area contributed by atoms with Crippen molar-refractivity contribution in [1.29, 1.82) is 0 Å². The van der Waals surface area contributed by atoms with Gasteiger partial charge in [0.1, 0.15) is 0 Å². The highest BCUT2D eigenvalue weighted by Gasteiger charge is 2.26. The first-order chi connectivity index (χ1) is 10.4. The summed E-state index contributed by atoms with van der Waals surface area (Å²) in [4.78, 5) is 15.2. The normalized spacial score (nSPS) is 18.2. The Labute approximate surface area is 137 Å². The fourth-order valence-electron chi connectivity index (χ4n) is 3.21. The molecule has 0 bridgehead atoms. The molecule has 1 unspecified atom stereocenters. The zero-order valence-electron chi connectivity index (χ0n) is 13.5. The van der Waals surface area contributed by atoms with Gasteiger partial charge in [0.05, 0.1) is 15.6 Å². The Hall–Kier alpha value is -1.33.